The SMILES string of the molecule is NC(=O)c1cccc2c1CC(=O)CC2. The second kappa shape index (κ2) is 3.25. The number of carbonyl (C=O) groups excluding carboxylic acids is 2. The molecule has 1 aromatic carbocycles. The van der Waals surface area contributed by atoms with E-state index in [1.807, 2.05) is 12.1 Å². The summed E-state index contributed by atoms with van der Waals surface area (Å²) in [7, 11) is 0. The largest absolute Gasteiger partial charge is 0.366 e. The molecule has 1 aromatic rings. The zero-order chi connectivity index (χ0) is 10.1. The van der Waals surface area contributed by atoms with E-state index in [0.717, 1.165) is 17.5 Å². The summed E-state index contributed by atoms with van der Waals surface area (Å²) in [6, 6.07) is 5.45. The fraction of sp³-hybridized carbons (Fsp3) is 0.273. The van der Waals surface area contributed by atoms with Gasteiger partial charge in [0, 0.05) is 18.4 Å². The Kier molecular flexibility index (Phi) is 2.08. The quantitative estimate of drug-likeness (QED) is 0.711. The molecule has 72 valence electrons. The number of primary amides is 1. The molecule has 1 aliphatic carbocycles. The lowest BCUT2D eigenvalue weighted by molar-refractivity contribution is -0.118. The van der Waals surface area contributed by atoms with Crippen LogP contribution in [0.15, 0.2) is 18.2 Å². The second-order valence-corrected chi connectivity index (χ2v) is 3.52. The first kappa shape index (κ1) is 8.94. The van der Waals surface area contributed by atoms with E-state index in [1.165, 1.54) is 0 Å². The third kappa shape index (κ3) is 1.41. The van der Waals surface area contributed by atoms with Gasteiger partial charge in [-0.15, -0.1) is 0 Å². The van der Waals surface area contributed by atoms with Gasteiger partial charge in [0.25, 0.3) is 0 Å². The van der Waals surface area contributed by atoms with Gasteiger partial charge in [0.2, 0.25) is 5.91 Å². The lowest BCUT2D eigenvalue weighted by Crippen LogP contribution is -2.20. The number of fused-ring (bicyclic) bond motifs is 1. The summed E-state index contributed by atoms with van der Waals surface area (Å²) < 4.78 is 0. The zero-order valence-electron chi connectivity index (χ0n) is 7.75. The lowest BCUT2D eigenvalue weighted by Gasteiger charge is -2.16. The number of rotatable bonds is 1. The third-order valence-corrected chi connectivity index (χ3v) is 2.59. The number of Topliss-reactive ketones (excluding diaryl/α,β-unsaturated/α-hetero) is 1. The summed E-state index contributed by atoms with van der Waals surface area (Å²) in [5.74, 6) is -0.261. The van der Waals surface area contributed by atoms with Crippen LogP contribution in [0.4, 0.5) is 0 Å². The van der Waals surface area contributed by atoms with Crippen molar-refractivity contribution in [2.45, 2.75) is 19.3 Å². The maximum absolute atomic E-state index is 11.2. The van der Waals surface area contributed by atoms with Crippen LogP contribution in [0.1, 0.15) is 27.9 Å². The van der Waals surface area contributed by atoms with E-state index >= 15 is 0 Å². The molecule has 0 saturated carbocycles. The predicted molar refractivity (Wildman–Crippen MR) is 52.0 cm³/mol. The van der Waals surface area contributed by atoms with E-state index in [4.69, 9.17) is 5.73 Å². The molecule has 3 nitrogen and oxygen atoms in total. The van der Waals surface area contributed by atoms with Crippen molar-refractivity contribution in [3.63, 3.8) is 0 Å². The number of hydrogen-bond acceptors (Lipinski definition) is 2. The summed E-state index contributed by atoms with van der Waals surface area (Å²) in [6.07, 6.45) is 1.67. The Balaban J connectivity index is 2.54. The number of hydrogen-bond donors (Lipinski definition) is 1. The molecule has 2 rings (SSSR count). The van der Waals surface area contributed by atoms with Crippen molar-refractivity contribution in [3.8, 4) is 0 Å². The number of benzene rings is 1. The standard InChI is InChI=1S/C11H11NO2/c12-11(14)9-3-1-2-7-4-5-8(13)6-10(7)9/h1-3H,4-6H2,(H2,12,14). The van der Waals surface area contributed by atoms with Crippen molar-refractivity contribution in [2.24, 2.45) is 5.73 Å². The van der Waals surface area contributed by atoms with Crippen molar-refractivity contribution in [1.29, 1.82) is 0 Å². The van der Waals surface area contributed by atoms with Crippen molar-refractivity contribution >= 4 is 11.7 Å². The normalized spacial score (nSPS) is 15.0. The molecule has 0 fully saturated rings. The van der Waals surface area contributed by atoms with Crippen LogP contribution in [0.2, 0.25) is 0 Å². The van der Waals surface area contributed by atoms with Gasteiger partial charge < -0.3 is 5.73 Å². The minimum Gasteiger partial charge on any atom is -0.366 e. The van der Waals surface area contributed by atoms with Gasteiger partial charge in [0.1, 0.15) is 5.78 Å². The number of ketones is 1. The minimum atomic E-state index is -0.448. The van der Waals surface area contributed by atoms with Crippen molar-refractivity contribution in [1.82, 2.24) is 0 Å². The van der Waals surface area contributed by atoms with E-state index in [1.54, 1.807) is 6.07 Å². The molecule has 0 unspecified atom stereocenters. The van der Waals surface area contributed by atoms with Crippen LogP contribution in [-0.2, 0) is 17.6 Å². The molecule has 14 heavy (non-hydrogen) atoms. The third-order valence-electron chi connectivity index (χ3n) is 2.59. The molecule has 0 radical (unpaired) electrons. The molecule has 3 heteroatoms. The molecule has 0 spiro atoms. The van der Waals surface area contributed by atoms with Gasteiger partial charge in [-0.1, -0.05) is 12.1 Å². The van der Waals surface area contributed by atoms with Gasteiger partial charge in [0.15, 0.2) is 0 Å². The fourth-order valence-corrected chi connectivity index (χ4v) is 1.87. The molecule has 2 N–H and O–H groups in total. The first-order chi connectivity index (χ1) is 6.68. The van der Waals surface area contributed by atoms with Crippen molar-refractivity contribution in [2.75, 3.05) is 0 Å². The topological polar surface area (TPSA) is 60.2 Å². The summed E-state index contributed by atoms with van der Waals surface area (Å²) in [5, 5.41) is 0. The lowest BCUT2D eigenvalue weighted by atomic mass is 9.87. The Morgan fingerprint density at radius 1 is 1.29 bits per heavy atom. The average molecular weight is 189 g/mol. The van der Waals surface area contributed by atoms with Gasteiger partial charge in [-0.05, 0) is 23.6 Å². The average Bonchev–Trinajstić information content (AvgIpc) is 2.16. The molecule has 0 bridgehead atoms. The van der Waals surface area contributed by atoms with Gasteiger partial charge in [-0.2, -0.15) is 0 Å². The molecule has 0 heterocycles. The Morgan fingerprint density at radius 3 is 2.79 bits per heavy atom. The number of carbonyl (C=O) groups is 2. The van der Waals surface area contributed by atoms with Crippen LogP contribution in [0.3, 0.4) is 0 Å². The van der Waals surface area contributed by atoms with Gasteiger partial charge in [0.05, 0.1) is 0 Å². The van der Waals surface area contributed by atoms with E-state index in [2.05, 4.69) is 0 Å². The highest BCUT2D eigenvalue weighted by Gasteiger charge is 2.19. The summed E-state index contributed by atoms with van der Waals surface area (Å²) in [4.78, 5) is 22.3. The number of amides is 1. The predicted octanol–water partition coefficient (Wildman–Crippen LogP) is 0.843. The molecule has 0 atom stereocenters. The fourth-order valence-electron chi connectivity index (χ4n) is 1.87. The minimum absolute atomic E-state index is 0.186. The van der Waals surface area contributed by atoms with Gasteiger partial charge >= 0.3 is 0 Å². The summed E-state index contributed by atoms with van der Waals surface area (Å²) in [6.45, 7) is 0. The molecule has 1 amide bonds. The van der Waals surface area contributed by atoms with Gasteiger partial charge in [-0.3, -0.25) is 9.59 Å². The van der Waals surface area contributed by atoms with E-state index in [9.17, 15) is 9.59 Å². The monoisotopic (exact) mass is 189 g/mol. The van der Waals surface area contributed by atoms with Crippen molar-refractivity contribution < 1.29 is 9.59 Å². The maximum Gasteiger partial charge on any atom is 0.248 e. The van der Waals surface area contributed by atoms with E-state index < -0.39 is 5.91 Å². The van der Waals surface area contributed by atoms with Crippen molar-refractivity contribution in [3.05, 3.63) is 34.9 Å². The van der Waals surface area contributed by atoms with Gasteiger partial charge in [-0.25, -0.2) is 0 Å². The van der Waals surface area contributed by atoms with Crippen LogP contribution in [0.25, 0.3) is 0 Å². The summed E-state index contributed by atoms with van der Waals surface area (Å²) >= 11 is 0. The Labute approximate surface area is 81.9 Å². The molecule has 0 aromatic heterocycles. The number of nitrogens with two attached hydrogens (primary N) is 1. The Hall–Kier alpha value is -1.64. The van der Waals surface area contributed by atoms with E-state index in [-0.39, 0.29) is 5.78 Å². The zero-order valence-corrected chi connectivity index (χ0v) is 7.75. The highest BCUT2D eigenvalue weighted by Crippen LogP contribution is 2.22. The van der Waals surface area contributed by atoms with Crippen LogP contribution in [-0.4, -0.2) is 11.7 Å². The Morgan fingerprint density at radius 2 is 2.07 bits per heavy atom. The summed E-state index contributed by atoms with van der Waals surface area (Å²) in [5.41, 5.74) is 7.64. The van der Waals surface area contributed by atoms with Crippen LogP contribution >= 0.6 is 0 Å². The van der Waals surface area contributed by atoms with E-state index in [0.29, 0.717) is 18.4 Å². The van der Waals surface area contributed by atoms with Crippen LogP contribution in [0, 0.1) is 0 Å². The second-order valence-electron chi connectivity index (χ2n) is 3.52. The highest BCUT2D eigenvalue weighted by molar-refractivity contribution is 5.97. The maximum atomic E-state index is 11.2. The van der Waals surface area contributed by atoms with Crippen LogP contribution in [0.5, 0.6) is 0 Å². The molecule has 0 aliphatic heterocycles. The Bertz CT molecular complexity index is 410. The molecular formula is C11H11NO2. The van der Waals surface area contributed by atoms with Crippen LogP contribution < -0.4 is 5.73 Å². The first-order valence-electron chi connectivity index (χ1n) is 4.61. The molecule has 0 saturated heterocycles. The molecule has 1 aliphatic rings. The highest BCUT2D eigenvalue weighted by atomic mass is 16.1. The first-order valence-corrected chi connectivity index (χ1v) is 4.61. The number of aryl methyl sites for hydroxylation is 1. The smallest absolute Gasteiger partial charge is 0.248 e. The molecular weight excluding hydrogens is 178 g/mol.